The number of halogens is 2. The second-order valence-corrected chi connectivity index (χ2v) is 3.84. The Kier molecular flexibility index (Phi) is 6.41. The van der Waals surface area contributed by atoms with E-state index in [1.807, 2.05) is 19.1 Å². The fourth-order valence-electron chi connectivity index (χ4n) is 1.36. The minimum Gasteiger partial charge on any atom is -0.468 e. The van der Waals surface area contributed by atoms with Gasteiger partial charge in [0.25, 0.3) is 0 Å². The standard InChI is InChI=1S/C11H14ClNO2.ClH/c1-7-5-9(12)4-3-8(7)6-10(13)11(14)15-2;/h3-5,10H,6,13H2,1-2H3;1H/t10-;/m1./s1. The number of esters is 1. The van der Waals surface area contributed by atoms with E-state index in [4.69, 9.17) is 17.3 Å². The quantitative estimate of drug-likeness (QED) is 0.851. The average Bonchev–Trinajstić information content (AvgIpc) is 2.20. The van der Waals surface area contributed by atoms with Crippen molar-refractivity contribution in [2.75, 3.05) is 7.11 Å². The van der Waals surface area contributed by atoms with Crippen molar-refractivity contribution in [3.8, 4) is 0 Å². The molecule has 16 heavy (non-hydrogen) atoms. The van der Waals surface area contributed by atoms with Crippen LogP contribution in [0.25, 0.3) is 0 Å². The minimum atomic E-state index is -0.616. The van der Waals surface area contributed by atoms with Gasteiger partial charge in [0.2, 0.25) is 0 Å². The SMILES string of the molecule is COC(=O)[C@H](N)Cc1ccc(Cl)cc1C.Cl. The number of hydrogen-bond donors (Lipinski definition) is 1. The molecule has 0 aromatic heterocycles. The first-order valence-corrected chi connectivity index (χ1v) is 5.01. The molecule has 0 spiro atoms. The van der Waals surface area contributed by atoms with Crippen molar-refractivity contribution in [3.63, 3.8) is 0 Å². The molecule has 2 N–H and O–H groups in total. The van der Waals surface area contributed by atoms with Crippen molar-refractivity contribution >= 4 is 30.0 Å². The summed E-state index contributed by atoms with van der Waals surface area (Å²) in [4.78, 5) is 11.1. The number of carbonyl (C=O) groups is 1. The monoisotopic (exact) mass is 263 g/mol. The number of methoxy groups -OCH3 is 1. The summed E-state index contributed by atoms with van der Waals surface area (Å²) < 4.78 is 4.56. The first-order chi connectivity index (χ1) is 7.04. The van der Waals surface area contributed by atoms with E-state index in [-0.39, 0.29) is 12.4 Å². The van der Waals surface area contributed by atoms with Crippen LogP contribution in [0.1, 0.15) is 11.1 Å². The molecule has 0 radical (unpaired) electrons. The summed E-state index contributed by atoms with van der Waals surface area (Å²) in [5.41, 5.74) is 7.70. The number of rotatable bonds is 3. The van der Waals surface area contributed by atoms with Crippen molar-refractivity contribution in [2.45, 2.75) is 19.4 Å². The molecular formula is C11H15Cl2NO2. The lowest BCUT2D eigenvalue weighted by atomic mass is 10.0. The Morgan fingerprint density at radius 2 is 2.19 bits per heavy atom. The molecule has 1 rings (SSSR count). The lowest BCUT2D eigenvalue weighted by Crippen LogP contribution is -2.33. The zero-order valence-corrected chi connectivity index (χ0v) is 10.8. The molecule has 0 aliphatic heterocycles. The van der Waals surface area contributed by atoms with Gasteiger partial charge in [-0.25, -0.2) is 0 Å². The highest BCUT2D eigenvalue weighted by atomic mass is 35.5. The molecule has 0 bridgehead atoms. The normalized spacial score (nSPS) is 11.5. The third-order valence-corrected chi connectivity index (χ3v) is 2.48. The highest BCUT2D eigenvalue weighted by molar-refractivity contribution is 6.30. The molecule has 90 valence electrons. The van der Waals surface area contributed by atoms with Gasteiger partial charge in [0.1, 0.15) is 6.04 Å². The third kappa shape index (κ3) is 4.00. The predicted octanol–water partition coefficient (Wildman–Crippen LogP) is 2.11. The zero-order valence-electron chi connectivity index (χ0n) is 9.20. The maximum atomic E-state index is 11.1. The van der Waals surface area contributed by atoms with Crippen LogP contribution in [0.3, 0.4) is 0 Å². The summed E-state index contributed by atoms with van der Waals surface area (Å²) in [6.07, 6.45) is 0.468. The molecule has 0 aliphatic rings. The van der Waals surface area contributed by atoms with Crippen molar-refractivity contribution < 1.29 is 9.53 Å². The van der Waals surface area contributed by atoms with Gasteiger partial charge >= 0.3 is 5.97 Å². The summed E-state index contributed by atoms with van der Waals surface area (Å²) in [6.45, 7) is 1.94. The smallest absolute Gasteiger partial charge is 0.322 e. The van der Waals surface area contributed by atoms with Gasteiger partial charge in [-0.2, -0.15) is 0 Å². The largest absolute Gasteiger partial charge is 0.468 e. The van der Waals surface area contributed by atoms with Crippen LogP contribution in [0.5, 0.6) is 0 Å². The average molecular weight is 264 g/mol. The van der Waals surface area contributed by atoms with Gasteiger partial charge in [0, 0.05) is 5.02 Å². The first-order valence-electron chi connectivity index (χ1n) is 4.63. The number of nitrogens with two attached hydrogens (primary N) is 1. The fraction of sp³-hybridized carbons (Fsp3) is 0.364. The van der Waals surface area contributed by atoms with Crippen molar-refractivity contribution in [1.29, 1.82) is 0 Å². The summed E-state index contributed by atoms with van der Waals surface area (Å²) in [6, 6.07) is 4.89. The van der Waals surface area contributed by atoms with Gasteiger partial charge in [0.15, 0.2) is 0 Å². The zero-order chi connectivity index (χ0) is 11.4. The fourth-order valence-corrected chi connectivity index (χ4v) is 1.59. The van der Waals surface area contributed by atoms with Crippen LogP contribution in [0.2, 0.25) is 5.02 Å². The van der Waals surface area contributed by atoms with E-state index >= 15 is 0 Å². The number of hydrogen-bond acceptors (Lipinski definition) is 3. The summed E-state index contributed by atoms with van der Waals surface area (Å²) in [5, 5.41) is 0.683. The Morgan fingerprint density at radius 1 is 1.56 bits per heavy atom. The van der Waals surface area contributed by atoms with Crippen LogP contribution in [0.15, 0.2) is 18.2 Å². The maximum Gasteiger partial charge on any atom is 0.322 e. The topological polar surface area (TPSA) is 52.3 Å². The van der Waals surface area contributed by atoms with Crippen molar-refractivity contribution in [2.24, 2.45) is 5.73 Å². The Labute approximate surface area is 106 Å². The van der Waals surface area contributed by atoms with Gasteiger partial charge in [0.05, 0.1) is 7.11 Å². The first kappa shape index (κ1) is 15.2. The van der Waals surface area contributed by atoms with Gasteiger partial charge in [-0.05, 0) is 36.6 Å². The van der Waals surface area contributed by atoms with Crippen LogP contribution in [0, 0.1) is 6.92 Å². The van der Waals surface area contributed by atoms with Crippen molar-refractivity contribution in [1.82, 2.24) is 0 Å². The van der Waals surface area contributed by atoms with Crippen LogP contribution in [0.4, 0.5) is 0 Å². The molecule has 5 heteroatoms. The van der Waals surface area contributed by atoms with Gasteiger partial charge in [-0.1, -0.05) is 17.7 Å². The third-order valence-electron chi connectivity index (χ3n) is 2.25. The maximum absolute atomic E-state index is 11.1. The summed E-state index contributed by atoms with van der Waals surface area (Å²) in [7, 11) is 1.33. The Morgan fingerprint density at radius 3 is 2.69 bits per heavy atom. The Bertz CT molecular complexity index is 369. The van der Waals surface area contributed by atoms with E-state index in [9.17, 15) is 4.79 Å². The molecule has 0 fully saturated rings. The predicted molar refractivity (Wildman–Crippen MR) is 67.1 cm³/mol. The van der Waals surface area contributed by atoms with E-state index in [0.29, 0.717) is 11.4 Å². The summed E-state index contributed by atoms with van der Waals surface area (Å²) >= 11 is 5.82. The van der Waals surface area contributed by atoms with Gasteiger partial charge in [-0.15, -0.1) is 12.4 Å². The summed E-state index contributed by atoms with van der Waals surface area (Å²) in [5.74, 6) is -0.399. The van der Waals surface area contributed by atoms with Crippen LogP contribution < -0.4 is 5.73 Å². The highest BCUT2D eigenvalue weighted by Crippen LogP contribution is 2.16. The number of ether oxygens (including phenoxy) is 1. The highest BCUT2D eigenvalue weighted by Gasteiger charge is 2.15. The second kappa shape index (κ2) is 6.74. The lowest BCUT2D eigenvalue weighted by molar-refractivity contribution is -0.142. The van der Waals surface area contributed by atoms with Crippen LogP contribution >= 0.6 is 24.0 Å². The molecule has 1 aromatic carbocycles. The van der Waals surface area contributed by atoms with E-state index in [1.165, 1.54) is 7.11 Å². The number of aryl methyl sites for hydroxylation is 1. The van der Waals surface area contributed by atoms with Gasteiger partial charge < -0.3 is 10.5 Å². The lowest BCUT2D eigenvalue weighted by Gasteiger charge is -2.11. The van der Waals surface area contributed by atoms with Crippen LogP contribution in [-0.2, 0) is 16.0 Å². The molecule has 1 aromatic rings. The second-order valence-electron chi connectivity index (χ2n) is 3.40. The van der Waals surface area contributed by atoms with Crippen molar-refractivity contribution in [3.05, 3.63) is 34.3 Å². The molecule has 1 atom stereocenters. The molecule has 0 saturated heterocycles. The van der Waals surface area contributed by atoms with Crippen LogP contribution in [-0.4, -0.2) is 19.1 Å². The molecule has 0 heterocycles. The van der Waals surface area contributed by atoms with E-state index in [0.717, 1.165) is 11.1 Å². The minimum absolute atomic E-state index is 0. The molecular weight excluding hydrogens is 249 g/mol. The molecule has 0 unspecified atom stereocenters. The van der Waals surface area contributed by atoms with Gasteiger partial charge in [-0.3, -0.25) is 4.79 Å². The molecule has 0 aliphatic carbocycles. The van der Waals surface area contributed by atoms with E-state index in [1.54, 1.807) is 6.07 Å². The van der Waals surface area contributed by atoms with E-state index < -0.39 is 12.0 Å². The number of benzene rings is 1. The molecule has 0 saturated carbocycles. The number of carbonyl (C=O) groups excluding carboxylic acids is 1. The van der Waals surface area contributed by atoms with E-state index in [2.05, 4.69) is 4.74 Å². The molecule has 3 nitrogen and oxygen atoms in total. The Hall–Kier alpha value is -0.770. The molecule has 0 amide bonds. The Balaban J connectivity index is 0.00000225.